The summed E-state index contributed by atoms with van der Waals surface area (Å²) in [6.45, 7) is 3.72. The molecule has 106 valence electrons. The molecule has 0 unspecified atom stereocenters. The molecule has 1 saturated heterocycles. The van der Waals surface area contributed by atoms with Crippen molar-refractivity contribution < 1.29 is 13.2 Å². The number of morpholine rings is 1. The molecule has 8 heteroatoms. The van der Waals surface area contributed by atoms with E-state index < -0.39 is 10.0 Å². The van der Waals surface area contributed by atoms with Crippen LogP contribution in [-0.4, -0.2) is 39.7 Å². The summed E-state index contributed by atoms with van der Waals surface area (Å²) in [5, 5.41) is 1.96. The Morgan fingerprint density at radius 1 is 1.37 bits per heavy atom. The Kier molecular flexibility index (Phi) is 4.32. The smallest absolute Gasteiger partial charge is 0.253 e. The molecule has 2 rings (SSSR count). The van der Waals surface area contributed by atoms with Crippen LogP contribution in [0.15, 0.2) is 17.0 Å². The van der Waals surface area contributed by atoms with Gasteiger partial charge in [-0.2, -0.15) is 0 Å². The van der Waals surface area contributed by atoms with Crippen molar-refractivity contribution in [1.82, 2.24) is 9.84 Å². The van der Waals surface area contributed by atoms with E-state index in [2.05, 4.69) is 4.83 Å². The van der Waals surface area contributed by atoms with Gasteiger partial charge >= 0.3 is 0 Å². The average Bonchev–Trinajstić information content (AvgIpc) is 2.34. The van der Waals surface area contributed by atoms with Gasteiger partial charge in [-0.25, -0.2) is 13.4 Å². The lowest BCUT2D eigenvalue weighted by Gasteiger charge is -2.27. The third-order valence-corrected chi connectivity index (χ3v) is 4.69. The van der Waals surface area contributed by atoms with Crippen LogP contribution in [0.25, 0.3) is 0 Å². The Hall–Kier alpha value is -0.860. The number of nitrogens with zero attached hydrogens (tertiary/aromatic N) is 1. The number of ether oxygens (including phenoxy) is 1. The van der Waals surface area contributed by atoms with Crippen LogP contribution in [0.3, 0.4) is 0 Å². The van der Waals surface area contributed by atoms with Crippen molar-refractivity contribution in [3.05, 3.63) is 22.7 Å². The van der Waals surface area contributed by atoms with Crippen molar-refractivity contribution in [2.45, 2.75) is 11.8 Å². The molecule has 0 spiro atoms. The second-order valence-corrected chi connectivity index (χ2v) is 6.37. The maximum Gasteiger partial charge on any atom is 0.253 e. The number of hydrogen-bond donors (Lipinski definition) is 2. The van der Waals surface area contributed by atoms with E-state index in [0.717, 1.165) is 0 Å². The second-order valence-electron chi connectivity index (χ2n) is 4.33. The van der Waals surface area contributed by atoms with Gasteiger partial charge in [0.2, 0.25) is 0 Å². The maximum atomic E-state index is 12.3. The fourth-order valence-corrected chi connectivity index (χ4v) is 3.44. The van der Waals surface area contributed by atoms with E-state index in [1.807, 2.05) is 0 Å². The van der Waals surface area contributed by atoms with Crippen LogP contribution in [0.5, 0.6) is 0 Å². The lowest BCUT2D eigenvalue weighted by atomic mass is 10.2. The summed E-state index contributed by atoms with van der Waals surface area (Å²) in [5.74, 6) is 0. The van der Waals surface area contributed by atoms with E-state index in [1.165, 1.54) is 6.07 Å². The van der Waals surface area contributed by atoms with E-state index in [0.29, 0.717) is 36.9 Å². The van der Waals surface area contributed by atoms with Gasteiger partial charge in [-0.3, -0.25) is 0 Å². The average molecular weight is 306 g/mol. The summed E-state index contributed by atoms with van der Waals surface area (Å²) in [7, 11) is -3.65. The third kappa shape index (κ3) is 3.37. The van der Waals surface area contributed by atoms with Gasteiger partial charge < -0.3 is 10.5 Å². The SMILES string of the molecule is Cc1cc(Cl)c(N)cc1S(=O)(=O)NN1CCOCC1. The Balaban J connectivity index is 2.26. The molecule has 3 N–H and O–H groups in total. The van der Waals surface area contributed by atoms with Crippen molar-refractivity contribution in [2.24, 2.45) is 0 Å². The van der Waals surface area contributed by atoms with Crippen LogP contribution in [-0.2, 0) is 14.8 Å². The van der Waals surface area contributed by atoms with Crippen LogP contribution in [0.1, 0.15) is 5.56 Å². The summed E-state index contributed by atoms with van der Waals surface area (Å²) in [6, 6.07) is 2.92. The summed E-state index contributed by atoms with van der Waals surface area (Å²) in [5.41, 5.74) is 6.46. The number of rotatable bonds is 3. The highest BCUT2D eigenvalue weighted by Gasteiger charge is 2.22. The molecule has 0 aliphatic carbocycles. The molecule has 1 aliphatic rings. The highest BCUT2D eigenvalue weighted by Crippen LogP contribution is 2.26. The fourth-order valence-electron chi connectivity index (χ4n) is 1.83. The Morgan fingerprint density at radius 2 is 2.00 bits per heavy atom. The van der Waals surface area contributed by atoms with E-state index in [-0.39, 0.29) is 10.6 Å². The normalized spacial score (nSPS) is 17.6. The molecule has 6 nitrogen and oxygen atoms in total. The molecular formula is C11H16ClN3O3S. The number of nitrogens with one attached hydrogen (secondary N) is 1. The predicted octanol–water partition coefficient (Wildman–Crippen LogP) is 0.756. The summed E-state index contributed by atoms with van der Waals surface area (Å²) in [6.07, 6.45) is 0. The van der Waals surface area contributed by atoms with Crippen molar-refractivity contribution in [2.75, 3.05) is 32.0 Å². The molecule has 1 aliphatic heterocycles. The monoisotopic (exact) mass is 305 g/mol. The number of nitrogens with two attached hydrogens (primary N) is 1. The van der Waals surface area contributed by atoms with Crippen LogP contribution in [0, 0.1) is 6.92 Å². The van der Waals surface area contributed by atoms with Crippen molar-refractivity contribution >= 4 is 27.3 Å². The standard InChI is InChI=1S/C11H16ClN3O3S/c1-8-6-9(12)10(13)7-11(8)19(16,17)14-15-2-4-18-5-3-15/h6-7,14H,2-5,13H2,1H3. The van der Waals surface area contributed by atoms with Crippen LogP contribution in [0.4, 0.5) is 5.69 Å². The minimum Gasteiger partial charge on any atom is -0.397 e. The topological polar surface area (TPSA) is 84.7 Å². The highest BCUT2D eigenvalue weighted by atomic mass is 35.5. The van der Waals surface area contributed by atoms with Gasteiger partial charge in [-0.1, -0.05) is 11.6 Å². The number of benzene rings is 1. The lowest BCUT2D eigenvalue weighted by Crippen LogP contribution is -2.48. The molecule has 0 saturated carbocycles. The number of nitrogen functional groups attached to an aromatic ring is 1. The molecule has 19 heavy (non-hydrogen) atoms. The Labute approximate surface area is 117 Å². The van der Waals surface area contributed by atoms with Gasteiger partial charge in [0, 0.05) is 13.1 Å². The number of halogens is 1. The molecule has 0 aromatic heterocycles. The van der Waals surface area contributed by atoms with Gasteiger partial charge in [0.25, 0.3) is 10.0 Å². The molecule has 0 atom stereocenters. The largest absolute Gasteiger partial charge is 0.397 e. The minimum atomic E-state index is -3.65. The first-order valence-corrected chi connectivity index (χ1v) is 7.67. The molecule has 1 fully saturated rings. The number of sulfonamides is 1. The zero-order chi connectivity index (χ0) is 14.0. The minimum absolute atomic E-state index is 0.140. The second kappa shape index (κ2) is 5.64. The lowest BCUT2D eigenvalue weighted by molar-refractivity contribution is 0.0272. The van der Waals surface area contributed by atoms with E-state index in [4.69, 9.17) is 22.1 Å². The summed E-state index contributed by atoms with van der Waals surface area (Å²) < 4.78 is 29.7. The van der Waals surface area contributed by atoms with Crippen LogP contribution < -0.4 is 10.6 Å². The number of anilines is 1. The fraction of sp³-hybridized carbons (Fsp3) is 0.455. The molecule has 1 heterocycles. The van der Waals surface area contributed by atoms with Crippen LogP contribution in [0.2, 0.25) is 5.02 Å². The molecular weight excluding hydrogens is 290 g/mol. The van der Waals surface area contributed by atoms with Gasteiger partial charge in [0.1, 0.15) is 0 Å². The maximum absolute atomic E-state index is 12.3. The van der Waals surface area contributed by atoms with Gasteiger partial charge in [0.05, 0.1) is 28.8 Å². The van der Waals surface area contributed by atoms with Gasteiger partial charge in [-0.05, 0) is 24.6 Å². The van der Waals surface area contributed by atoms with E-state index in [1.54, 1.807) is 18.0 Å². The molecule has 0 radical (unpaired) electrons. The highest BCUT2D eigenvalue weighted by molar-refractivity contribution is 7.89. The predicted molar refractivity (Wildman–Crippen MR) is 73.3 cm³/mol. The van der Waals surface area contributed by atoms with Gasteiger partial charge in [-0.15, -0.1) is 4.83 Å². The van der Waals surface area contributed by atoms with Crippen molar-refractivity contribution in [3.63, 3.8) is 0 Å². The molecule has 1 aromatic rings. The molecule has 0 amide bonds. The Bertz CT molecular complexity index is 571. The van der Waals surface area contributed by atoms with E-state index in [9.17, 15) is 8.42 Å². The summed E-state index contributed by atoms with van der Waals surface area (Å²) in [4.78, 5) is 2.67. The Morgan fingerprint density at radius 3 is 2.63 bits per heavy atom. The number of hydrogen-bond acceptors (Lipinski definition) is 5. The summed E-state index contributed by atoms with van der Waals surface area (Å²) >= 11 is 5.86. The van der Waals surface area contributed by atoms with Gasteiger partial charge in [0.15, 0.2) is 0 Å². The first-order chi connectivity index (χ1) is 8.90. The third-order valence-electron chi connectivity index (χ3n) is 2.84. The zero-order valence-electron chi connectivity index (χ0n) is 10.5. The van der Waals surface area contributed by atoms with Crippen molar-refractivity contribution in [1.29, 1.82) is 0 Å². The molecule has 1 aromatic carbocycles. The number of hydrazine groups is 1. The van der Waals surface area contributed by atoms with Crippen LogP contribution >= 0.6 is 11.6 Å². The molecule has 0 bridgehead atoms. The first kappa shape index (κ1) is 14.5. The number of aryl methyl sites for hydroxylation is 1. The zero-order valence-corrected chi connectivity index (χ0v) is 12.1. The van der Waals surface area contributed by atoms with Crippen molar-refractivity contribution in [3.8, 4) is 0 Å². The quantitative estimate of drug-likeness (QED) is 0.805. The first-order valence-electron chi connectivity index (χ1n) is 5.81. The van der Waals surface area contributed by atoms with E-state index >= 15 is 0 Å².